The molecule has 0 aliphatic carbocycles. The standard InChI is InChI=1S/C28H29ClN2O.ClH/c29-26-14-12-25(13-15-26)28(32)17-20-31(21-18-28)19-7-16-27(22-30,23-8-3-1-4-9-23)24-10-5-2-6-11-24;/h1-6,8-15,32H,7,16-21H2;1H. The van der Waals surface area contributed by atoms with Crippen molar-refractivity contribution in [3.05, 3.63) is 107 Å². The fourth-order valence-corrected chi connectivity index (χ4v) is 4.97. The summed E-state index contributed by atoms with van der Waals surface area (Å²) in [6, 6.07) is 30.4. The molecular formula is C28H30Cl2N2O. The molecule has 0 unspecified atom stereocenters. The molecule has 0 atom stereocenters. The normalized spacial score (nSPS) is 15.9. The number of nitriles is 1. The molecule has 0 saturated carbocycles. The highest BCUT2D eigenvalue weighted by Crippen LogP contribution is 2.37. The van der Waals surface area contributed by atoms with Crippen molar-refractivity contribution in [3.63, 3.8) is 0 Å². The summed E-state index contributed by atoms with van der Waals surface area (Å²) >= 11 is 6.00. The second-order valence-electron chi connectivity index (χ2n) is 8.73. The third-order valence-corrected chi connectivity index (χ3v) is 7.07. The van der Waals surface area contributed by atoms with Crippen LogP contribution in [0.3, 0.4) is 0 Å². The summed E-state index contributed by atoms with van der Waals surface area (Å²) in [5.41, 5.74) is 1.60. The largest absolute Gasteiger partial charge is 0.385 e. The van der Waals surface area contributed by atoms with Crippen molar-refractivity contribution >= 4 is 24.0 Å². The molecule has 5 heteroatoms. The number of aliphatic hydroxyl groups is 1. The van der Waals surface area contributed by atoms with Crippen molar-refractivity contribution in [1.82, 2.24) is 4.90 Å². The zero-order chi connectivity index (χ0) is 22.4. The third-order valence-electron chi connectivity index (χ3n) is 6.81. The van der Waals surface area contributed by atoms with Crippen LogP contribution >= 0.6 is 24.0 Å². The lowest BCUT2D eigenvalue weighted by atomic mass is 9.72. The van der Waals surface area contributed by atoms with Gasteiger partial charge < -0.3 is 10.0 Å². The Morgan fingerprint density at radius 2 is 1.39 bits per heavy atom. The van der Waals surface area contributed by atoms with Gasteiger partial charge in [-0.15, -0.1) is 12.4 Å². The Morgan fingerprint density at radius 3 is 1.88 bits per heavy atom. The van der Waals surface area contributed by atoms with Crippen LogP contribution in [0.1, 0.15) is 42.4 Å². The summed E-state index contributed by atoms with van der Waals surface area (Å²) in [5, 5.41) is 22.1. The van der Waals surface area contributed by atoms with Crippen LogP contribution in [0.4, 0.5) is 0 Å². The van der Waals surface area contributed by atoms with E-state index in [1.165, 1.54) is 0 Å². The van der Waals surface area contributed by atoms with Gasteiger partial charge in [0.25, 0.3) is 0 Å². The lowest BCUT2D eigenvalue weighted by molar-refractivity contribution is -0.0262. The van der Waals surface area contributed by atoms with Crippen LogP contribution in [0.25, 0.3) is 0 Å². The van der Waals surface area contributed by atoms with E-state index in [-0.39, 0.29) is 12.4 Å². The average molecular weight is 481 g/mol. The predicted molar refractivity (Wildman–Crippen MR) is 137 cm³/mol. The van der Waals surface area contributed by atoms with Crippen molar-refractivity contribution in [2.75, 3.05) is 19.6 Å². The van der Waals surface area contributed by atoms with Gasteiger partial charge in [-0.1, -0.05) is 84.4 Å². The monoisotopic (exact) mass is 480 g/mol. The minimum absolute atomic E-state index is 0. The van der Waals surface area contributed by atoms with Crippen LogP contribution in [0.15, 0.2) is 84.9 Å². The van der Waals surface area contributed by atoms with E-state index >= 15 is 0 Å². The van der Waals surface area contributed by atoms with Crippen LogP contribution in [0.2, 0.25) is 5.02 Å². The van der Waals surface area contributed by atoms with Gasteiger partial charge >= 0.3 is 0 Å². The van der Waals surface area contributed by atoms with E-state index < -0.39 is 11.0 Å². The molecule has 0 bridgehead atoms. The quantitative estimate of drug-likeness (QED) is 0.429. The number of rotatable bonds is 7. The summed E-state index contributed by atoms with van der Waals surface area (Å²) < 4.78 is 0. The van der Waals surface area contributed by atoms with E-state index in [9.17, 15) is 10.4 Å². The molecule has 3 nitrogen and oxygen atoms in total. The molecule has 3 aromatic carbocycles. The molecule has 33 heavy (non-hydrogen) atoms. The van der Waals surface area contributed by atoms with Crippen LogP contribution < -0.4 is 0 Å². The molecule has 0 spiro atoms. The van der Waals surface area contributed by atoms with Crippen LogP contribution in [-0.2, 0) is 11.0 Å². The molecule has 1 aliphatic rings. The Bertz CT molecular complexity index is 1000. The maximum absolute atomic E-state index is 11.1. The molecule has 0 amide bonds. The van der Waals surface area contributed by atoms with Gasteiger partial charge in [0.05, 0.1) is 11.7 Å². The Kier molecular flexibility index (Phi) is 8.57. The number of benzene rings is 3. The van der Waals surface area contributed by atoms with Gasteiger partial charge in [-0.2, -0.15) is 5.26 Å². The summed E-state index contributed by atoms with van der Waals surface area (Å²) in [7, 11) is 0. The number of likely N-dealkylation sites (tertiary alicyclic amines) is 1. The second-order valence-corrected chi connectivity index (χ2v) is 9.17. The second kappa shape index (κ2) is 11.2. The molecule has 3 aromatic rings. The lowest BCUT2D eigenvalue weighted by Gasteiger charge is -2.39. The van der Waals surface area contributed by atoms with Gasteiger partial charge in [0.2, 0.25) is 0 Å². The lowest BCUT2D eigenvalue weighted by Crippen LogP contribution is -2.43. The summed E-state index contributed by atoms with van der Waals surface area (Å²) in [4.78, 5) is 2.41. The highest BCUT2D eigenvalue weighted by atomic mass is 35.5. The number of halogens is 2. The molecule has 1 aliphatic heterocycles. The molecule has 172 valence electrons. The molecular weight excluding hydrogens is 451 g/mol. The first-order chi connectivity index (χ1) is 15.6. The fraction of sp³-hybridized carbons (Fsp3) is 0.321. The summed E-state index contributed by atoms with van der Waals surface area (Å²) in [6.07, 6.45) is 3.08. The van der Waals surface area contributed by atoms with Gasteiger partial charge in [0.1, 0.15) is 5.41 Å². The van der Waals surface area contributed by atoms with Crippen molar-refractivity contribution in [1.29, 1.82) is 5.26 Å². The van der Waals surface area contributed by atoms with Gasteiger partial charge in [0.15, 0.2) is 0 Å². The third kappa shape index (κ3) is 5.60. The van der Waals surface area contributed by atoms with Crippen LogP contribution in [0, 0.1) is 11.3 Å². The fourth-order valence-electron chi connectivity index (χ4n) is 4.85. The maximum atomic E-state index is 11.1. The zero-order valence-electron chi connectivity index (χ0n) is 18.7. The molecule has 1 fully saturated rings. The Morgan fingerprint density at radius 1 is 0.879 bits per heavy atom. The topological polar surface area (TPSA) is 47.3 Å². The Hall–Kier alpha value is -2.35. The van der Waals surface area contributed by atoms with Crippen molar-refractivity contribution in [2.24, 2.45) is 0 Å². The van der Waals surface area contributed by atoms with Crippen LogP contribution in [0.5, 0.6) is 0 Å². The van der Waals surface area contributed by atoms with E-state index in [4.69, 9.17) is 11.6 Å². The molecule has 1 heterocycles. The van der Waals surface area contributed by atoms with E-state index in [1.54, 1.807) is 0 Å². The average Bonchev–Trinajstić information content (AvgIpc) is 2.85. The Balaban J connectivity index is 0.00000306. The predicted octanol–water partition coefficient (Wildman–Crippen LogP) is 6.34. The van der Waals surface area contributed by atoms with E-state index in [1.807, 2.05) is 60.7 Å². The number of piperidine rings is 1. The van der Waals surface area contributed by atoms with Gasteiger partial charge in [-0.25, -0.2) is 0 Å². The maximum Gasteiger partial charge on any atom is 0.107 e. The van der Waals surface area contributed by atoms with Gasteiger partial charge in [0, 0.05) is 18.1 Å². The van der Waals surface area contributed by atoms with Crippen molar-refractivity contribution in [2.45, 2.75) is 36.7 Å². The molecule has 1 saturated heterocycles. The molecule has 1 N–H and O–H groups in total. The summed E-state index contributed by atoms with van der Waals surface area (Å²) in [5.74, 6) is 0. The summed E-state index contributed by atoms with van der Waals surface area (Å²) in [6.45, 7) is 2.60. The first-order valence-corrected chi connectivity index (χ1v) is 11.7. The highest BCUT2D eigenvalue weighted by molar-refractivity contribution is 6.30. The number of hydrogen-bond donors (Lipinski definition) is 1. The van der Waals surface area contributed by atoms with Crippen molar-refractivity contribution < 1.29 is 5.11 Å². The SMILES string of the molecule is Cl.N#CC(CCCN1CCC(O)(c2ccc(Cl)cc2)CC1)(c1ccccc1)c1ccccc1. The van der Waals surface area contributed by atoms with Crippen LogP contribution in [-0.4, -0.2) is 29.6 Å². The number of hydrogen-bond acceptors (Lipinski definition) is 3. The smallest absolute Gasteiger partial charge is 0.107 e. The van der Waals surface area contributed by atoms with E-state index in [2.05, 4.69) is 35.2 Å². The van der Waals surface area contributed by atoms with E-state index in [0.29, 0.717) is 17.9 Å². The minimum Gasteiger partial charge on any atom is -0.385 e. The first-order valence-electron chi connectivity index (χ1n) is 11.3. The van der Waals surface area contributed by atoms with Crippen molar-refractivity contribution in [3.8, 4) is 6.07 Å². The van der Waals surface area contributed by atoms with E-state index in [0.717, 1.165) is 49.2 Å². The highest BCUT2D eigenvalue weighted by Gasteiger charge is 2.36. The zero-order valence-corrected chi connectivity index (χ0v) is 20.2. The Labute approximate surface area is 208 Å². The number of nitrogens with zero attached hydrogens (tertiary/aromatic N) is 2. The first kappa shape index (κ1) is 25.3. The molecule has 0 radical (unpaired) electrons. The molecule has 4 rings (SSSR count). The van der Waals surface area contributed by atoms with Gasteiger partial charge in [-0.05, 0) is 61.1 Å². The minimum atomic E-state index is -0.786. The van der Waals surface area contributed by atoms with Gasteiger partial charge in [-0.3, -0.25) is 0 Å². The molecule has 0 aromatic heterocycles.